The molecular weight excluding hydrogens is 488 g/mol. The van der Waals surface area contributed by atoms with Gasteiger partial charge in [0.25, 0.3) is 5.91 Å². The van der Waals surface area contributed by atoms with E-state index in [-0.39, 0.29) is 11.5 Å². The number of carboxylic acids is 1. The summed E-state index contributed by atoms with van der Waals surface area (Å²) in [4.78, 5) is 53.5. The van der Waals surface area contributed by atoms with E-state index in [2.05, 4.69) is 20.9 Å². The maximum atomic E-state index is 13.1. The van der Waals surface area contributed by atoms with E-state index in [4.69, 9.17) is 11.5 Å². The molecule has 3 rings (SSSR count). The lowest BCUT2D eigenvalue weighted by atomic mass is 9.98. The maximum absolute atomic E-state index is 13.1. The van der Waals surface area contributed by atoms with Crippen LogP contribution >= 0.6 is 0 Å². The van der Waals surface area contributed by atoms with Crippen molar-refractivity contribution in [3.05, 3.63) is 102 Å². The van der Waals surface area contributed by atoms with E-state index < -0.39 is 48.7 Å². The van der Waals surface area contributed by atoms with E-state index in [9.17, 15) is 24.3 Å². The van der Waals surface area contributed by atoms with E-state index in [0.717, 1.165) is 11.1 Å². The minimum absolute atomic E-state index is 0.175. The van der Waals surface area contributed by atoms with Gasteiger partial charge in [-0.3, -0.25) is 19.2 Å². The molecule has 0 radical (unpaired) electrons. The molecule has 0 bridgehead atoms. The van der Waals surface area contributed by atoms with Gasteiger partial charge in [-0.2, -0.15) is 0 Å². The Morgan fingerprint density at radius 1 is 0.816 bits per heavy atom. The fourth-order valence-electron chi connectivity index (χ4n) is 3.65. The third-order valence-electron chi connectivity index (χ3n) is 5.36. The minimum atomic E-state index is -1.38. The zero-order chi connectivity index (χ0) is 27.5. The summed E-state index contributed by atoms with van der Waals surface area (Å²) in [5.41, 5.74) is 12.8. The number of nitrogens with one attached hydrogen (secondary N) is 3. The molecule has 0 heterocycles. The van der Waals surface area contributed by atoms with E-state index in [1.807, 2.05) is 60.7 Å². The van der Waals surface area contributed by atoms with Crippen molar-refractivity contribution in [2.75, 3.05) is 6.54 Å². The Morgan fingerprint density at radius 2 is 1.42 bits per heavy atom. The summed E-state index contributed by atoms with van der Waals surface area (Å²) < 4.78 is 0. The number of hydrogen-bond acceptors (Lipinski definition) is 5. The van der Waals surface area contributed by atoms with Crippen LogP contribution < -0.4 is 27.4 Å². The normalized spacial score (nSPS) is 11.2. The van der Waals surface area contributed by atoms with Gasteiger partial charge < -0.3 is 32.5 Å². The van der Waals surface area contributed by atoms with Crippen molar-refractivity contribution in [2.24, 2.45) is 16.5 Å². The van der Waals surface area contributed by atoms with Crippen molar-refractivity contribution in [3.63, 3.8) is 0 Å². The SMILES string of the molecule is NC(N)=Nc1cccc(C(=O)NCC(=O)N[C@@H](CC(=O)O)C(=O)NC(c2ccccc2)c2ccccc2)c1. The van der Waals surface area contributed by atoms with Crippen LogP contribution in [0.3, 0.4) is 0 Å². The monoisotopic (exact) mass is 516 g/mol. The van der Waals surface area contributed by atoms with Crippen LogP contribution in [0.15, 0.2) is 89.9 Å². The van der Waals surface area contributed by atoms with Crippen molar-refractivity contribution >= 4 is 35.3 Å². The molecule has 0 aromatic heterocycles. The summed E-state index contributed by atoms with van der Waals surface area (Å²) in [6.07, 6.45) is -0.650. The average molecular weight is 517 g/mol. The number of aliphatic carboxylic acids is 1. The standard InChI is InChI=1S/C27H28N6O5/c28-27(29)31-20-13-7-12-19(14-20)25(37)30-16-22(34)32-21(15-23(35)36)26(38)33-24(17-8-3-1-4-9-17)18-10-5-2-6-11-18/h1-14,21,24H,15-16H2,(H,30,37)(H,32,34)(H,33,38)(H,35,36)(H4,28,29,31)/t21-/m0/s1. The van der Waals surface area contributed by atoms with Crippen LogP contribution in [0.25, 0.3) is 0 Å². The van der Waals surface area contributed by atoms with Gasteiger partial charge in [-0.25, -0.2) is 4.99 Å². The van der Waals surface area contributed by atoms with Gasteiger partial charge in [0.2, 0.25) is 11.8 Å². The van der Waals surface area contributed by atoms with Gasteiger partial charge in [-0.15, -0.1) is 0 Å². The molecule has 3 amide bonds. The lowest BCUT2D eigenvalue weighted by molar-refractivity contribution is -0.140. The van der Waals surface area contributed by atoms with E-state index in [0.29, 0.717) is 5.69 Å². The Hall–Kier alpha value is -5.19. The largest absolute Gasteiger partial charge is 0.481 e. The van der Waals surface area contributed by atoms with Gasteiger partial charge in [0.05, 0.1) is 24.7 Å². The molecule has 11 nitrogen and oxygen atoms in total. The fourth-order valence-corrected chi connectivity index (χ4v) is 3.65. The number of amides is 3. The summed E-state index contributed by atoms with van der Waals surface area (Å²) >= 11 is 0. The Balaban J connectivity index is 1.68. The van der Waals surface area contributed by atoms with E-state index >= 15 is 0 Å². The summed E-state index contributed by atoms with van der Waals surface area (Å²) in [6, 6.07) is 22.5. The second-order valence-corrected chi connectivity index (χ2v) is 8.25. The minimum Gasteiger partial charge on any atom is -0.481 e. The number of hydrogen-bond donors (Lipinski definition) is 6. The Bertz CT molecular complexity index is 1270. The first-order chi connectivity index (χ1) is 18.2. The first kappa shape index (κ1) is 27.4. The highest BCUT2D eigenvalue weighted by molar-refractivity contribution is 5.98. The molecule has 11 heteroatoms. The van der Waals surface area contributed by atoms with Gasteiger partial charge in [-0.1, -0.05) is 66.7 Å². The molecule has 38 heavy (non-hydrogen) atoms. The van der Waals surface area contributed by atoms with Crippen LogP contribution in [0.1, 0.15) is 33.9 Å². The highest BCUT2D eigenvalue weighted by Crippen LogP contribution is 2.22. The molecule has 3 aromatic carbocycles. The number of carboxylic acid groups (broad SMARTS) is 1. The lowest BCUT2D eigenvalue weighted by Gasteiger charge is -2.23. The molecule has 1 atom stereocenters. The number of aliphatic imine (C=N–C) groups is 1. The zero-order valence-electron chi connectivity index (χ0n) is 20.3. The molecule has 0 aliphatic heterocycles. The van der Waals surface area contributed by atoms with Gasteiger partial charge in [0.1, 0.15) is 6.04 Å². The number of carbonyl (C=O) groups excluding carboxylic acids is 3. The topological polar surface area (TPSA) is 189 Å². The van der Waals surface area contributed by atoms with Crippen LogP contribution in [-0.4, -0.2) is 47.3 Å². The van der Waals surface area contributed by atoms with Crippen LogP contribution in [-0.2, 0) is 14.4 Å². The van der Waals surface area contributed by atoms with Crippen molar-refractivity contribution in [1.82, 2.24) is 16.0 Å². The fraction of sp³-hybridized carbons (Fsp3) is 0.148. The number of benzene rings is 3. The lowest BCUT2D eigenvalue weighted by Crippen LogP contribution is -2.51. The number of carbonyl (C=O) groups is 4. The van der Waals surface area contributed by atoms with Gasteiger partial charge in [0, 0.05) is 5.56 Å². The molecule has 196 valence electrons. The number of rotatable bonds is 11. The molecule has 3 aromatic rings. The number of guanidine groups is 1. The highest BCUT2D eigenvalue weighted by atomic mass is 16.4. The van der Waals surface area contributed by atoms with Crippen LogP contribution in [0.2, 0.25) is 0 Å². The second-order valence-electron chi connectivity index (χ2n) is 8.25. The molecular formula is C27H28N6O5. The quantitative estimate of drug-likeness (QED) is 0.163. The number of nitrogens with two attached hydrogens (primary N) is 2. The van der Waals surface area contributed by atoms with Crippen molar-refractivity contribution in [1.29, 1.82) is 0 Å². The van der Waals surface area contributed by atoms with Gasteiger partial charge >= 0.3 is 5.97 Å². The molecule has 8 N–H and O–H groups in total. The maximum Gasteiger partial charge on any atom is 0.305 e. The third kappa shape index (κ3) is 8.19. The summed E-state index contributed by atoms with van der Waals surface area (Å²) in [5, 5.41) is 17.0. The van der Waals surface area contributed by atoms with Crippen molar-refractivity contribution < 1.29 is 24.3 Å². The molecule has 0 fully saturated rings. The van der Waals surface area contributed by atoms with Gasteiger partial charge in [-0.05, 0) is 29.3 Å². The Kier molecular flexibility index (Phi) is 9.52. The predicted octanol–water partition coefficient (Wildman–Crippen LogP) is 1.19. The molecule has 0 saturated carbocycles. The summed E-state index contributed by atoms with van der Waals surface area (Å²) in [7, 11) is 0. The van der Waals surface area contributed by atoms with Crippen LogP contribution in [0.5, 0.6) is 0 Å². The molecule has 0 aliphatic carbocycles. The summed E-state index contributed by atoms with van der Waals surface area (Å²) in [6.45, 7) is -0.491. The first-order valence-corrected chi connectivity index (χ1v) is 11.6. The predicted molar refractivity (Wildman–Crippen MR) is 141 cm³/mol. The Morgan fingerprint density at radius 3 is 1.97 bits per heavy atom. The second kappa shape index (κ2) is 13.2. The smallest absolute Gasteiger partial charge is 0.305 e. The molecule has 0 spiro atoms. The van der Waals surface area contributed by atoms with E-state index in [1.165, 1.54) is 12.1 Å². The zero-order valence-corrected chi connectivity index (χ0v) is 20.3. The molecule has 0 unspecified atom stereocenters. The van der Waals surface area contributed by atoms with Crippen LogP contribution in [0.4, 0.5) is 5.69 Å². The van der Waals surface area contributed by atoms with Crippen molar-refractivity contribution in [2.45, 2.75) is 18.5 Å². The molecule has 0 aliphatic rings. The Labute approximate surface area is 218 Å². The van der Waals surface area contributed by atoms with Gasteiger partial charge in [0.15, 0.2) is 5.96 Å². The van der Waals surface area contributed by atoms with E-state index in [1.54, 1.807) is 12.1 Å². The number of nitrogens with zero attached hydrogens (tertiary/aromatic N) is 1. The van der Waals surface area contributed by atoms with Crippen LogP contribution in [0, 0.1) is 0 Å². The molecule has 0 saturated heterocycles. The first-order valence-electron chi connectivity index (χ1n) is 11.6. The van der Waals surface area contributed by atoms with Crippen molar-refractivity contribution in [3.8, 4) is 0 Å². The average Bonchev–Trinajstić information content (AvgIpc) is 2.90. The summed E-state index contributed by atoms with van der Waals surface area (Å²) in [5.74, 6) is -3.46. The third-order valence-corrected chi connectivity index (χ3v) is 5.36. The highest BCUT2D eigenvalue weighted by Gasteiger charge is 2.27.